The van der Waals surface area contributed by atoms with Gasteiger partial charge in [-0.05, 0) is 42.5 Å². The first-order valence-electron chi connectivity index (χ1n) is 8.61. The highest BCUT2D eigenvalue weighted by atomic mass is 19.4. The van der Waals surface area contributed by atoms with Gasteiger partial charge in [-0.2, -0.15) is 13.2 Å². The lowest BCUT2D eigenvalue weighted by Gasteiger charge is -2.16. The van der Waals surface area contributed by atoms with Gasteiger partial charge >= 0.3 is 6.18 Å². The van der Waals surface area contributed by atoms with E-state index in [4.69, 9.17) is 15.2 Å². The van der Waals surface area contributed by atoms with Crippen LogP contribution in [-0.2, 0) is 11.0 Å². The Bertz CT molecular complexity index is 974. The van der Waals surface area contributed by atoms with Crippen LogP contribution in [0.15, 0.2) is 60.6 Å². The number of amides is 1. The molecule has 166 valence electrons. The second-order valence-electron chi connectivity index (χ2n) is 5.81. The Hall–Kier alpha value is -3.73. The molecule has 0 saturated heterocycles. The number of nitrogens with two attached hydrogens (primary N) is 1. The molecule has 1 amide bonds. The van der Waals surface area contributed by atoms with E-state index in [0.29, 0.717) is 11.8 Å². The monoisotopic (exact) mass is 441 g/mol. The largest absolute Gasteiger partial charge is 0.497 e. The van der Waals surface area contributed by atoms with Gasteiger partial charge in [-0.3, -0.25) is 15.1 Å². The Labute approximate surface area is 175 Å². The summed E-state index contributed by atoms with van der Waals surface area (Å²) in [5, 5.41) is 2.21. The lowest BCUT2D eigenvalue weighted by atomic mass is 10.1. The van der Waals surface area contributed by atoms with E-state index in [-0.39, 0.29) is 11.4 Å². The van der Waals surface area contributed by atoms with Crippen molar-refractivity contribution in [1.82, 2.24) is 10.8 Å². The minimum absolute atomic E-state index is 0.0400. The van der Waals surface area contributed by atoms with Crippen LogP contribution in [0, 0.1) is 5.82 Å². The second-order valence-corrected chi connectivity index (χ2v) is 5.81. The van der Waals surface area contributed by atoms with E-state index in [9.17, 15) is 22.4 Å². The molecule has 0 spiro atoms. The molecule has 2 aromatic carbocycles. The van der Waals surface area contributed by atoms with Crippen molar-refractivity contribution in [1.29, 1.82) is 0 Å². The SMILES string of the molecule is CON/C=C\C(=C/N)NC(=O)c1c(Oc2ccc(OC)cc2)ccc(C(F)(F)F)c1F. The number of benzene rings is 2. The van der Waals surface area contributed by atoms with Gasteiger partial charge in [-0.25, -0.2) is 4.39 Å². The Morgan fingerprint density at radius 2 is 1.71 bits per heavy atom. The zero-order chi connectivity index (χ0) is 23.0. The molecule has 0 radical (unpaired) electrons. The number of allylic oxidation sites excluding steroid dienone is 1. The number of carbonyl (C=O) groups excluding carboxylic acids is 1. The van der Waals surface area contributed by atoms with Gasteiger partial charge in [0.2, 0.25) is 0 Å². The van der Waals surface area contributed by atoms with Gasteiger partial charge in [0, 0.05) is 12.4 Å². The molecule has 2 rings (SSSR count). The Balaban J connectivity index is 2.46. The maximum Gasteiger partial charge on any atom is 0.419 e. The van der Waals surface area contributed by atoms with Crippen molar-refractivity contribution in [2.24, 2.45) is 5.73 Å². The normalized spacial score (nSPS) is 12.0. The fourth-order valence-electron chi connectivity index (χ4n) is 2.37. The molecule has 0 unspecified atom stereocenters. The van der Waals surface area contributed by atoms with Crippen LogP contribution in [-0.4, -0.2) is 20.1 Å². The van der Waals surface area contributed by atoms with Gasteiger partial charge in [-0.15, -0.1) is 0 Å². The molecule has 0 aliphatic carbocycles. The van der Waals surface area contributed by atoms with Crippen LogP contribution in [0.4, 0.5) is 17.6 Å². The number of hydrogen-bond acceptors (Lipinski definition) is 6. The molecule has 0 aliphatic heterocycles. The molecule has 0 heterocycles. The number of halogens is 4. The van der Waals surface area contributed by atoms with Gasteiger partial charge in [0.1, 0.15) is 22.8 Å². The molecule has 4 N–H and O–H groups in total. The van der Waals surface area contributed by atoms with E-state index in [2.05, 4.69) is 15.6 Å². The van der Waals surface area contributed by atoms with E-state index in [1.54, 1.807) is 0 Å². The van der Waals surface area contributed by atoms with Crippen LogP contribution in [0.2, 0.25) is 0 Å². The van der Waals surface area contributed by atoms with Crippen LogP contribution >= 0.6 is 0 Å². The van der Waals surface area contributed by atoms with Crippen LogP contribution in [0.3, 0.4) is 0 Å². The zero-order valence-corrected chi connectivity index (χ0v) is 16.4. The molecule has 0 fully saturated rings. The molecular formula is C20H19F4N3O4. The maximum absolute atomic E-state index is 14.8. The second kappa shape index (κ2) is 10.3. The van der Waals surface area contributed by atoms with Gasteiger partial charge in [0.05, 0.1) is 25.5 Å². The van der Waals surface area contributed by atoms with Crippen molar-refractivity contribution in [2.45, 2.75) is 6.18 Å². The molecule has 0 atom stereocenters. The van der Waals surface area contributed by atoms with Crippen LogP contribution in [0.1, 0.15) is 15.9 Å². The molecule has 0 saturated carbocycles. The molecule has 11 heteroatoms. The standard InChI is InChI=1S/C20H19F4N3O4/c1-29-13-3-5-14(6-4-13)31-16-8-7-15(20(22,23)24)18(21)17(16)19(28)27-12(11-25)9-10-26-30-2/h3-11,26H,25H2,1-2H3,(H,27,28)/b10-9-,12-11+. The third kappa shape index (κ3) is 6.12. The number of methoxy groups -OCH3 is 1. The van der Waals surface area contributed by atoms with Gasteiger partial charge in [-0.1, -0.05) is 0 Å². The van der Waals surface area contributed by atoms with Crippen LogP contribution in [0.5, 0.6) is 17.2 Å². The first-order chi connectivity index (χ1) is 14.7. The number of ether oxygens (including phenoxy) is 2. The Kier molecular flexibility index (Phi) is 7.86. The Morgan fingerprint density at radius 1 is 1.06 bits per heavy atom. The van der Waals surface area contributed by atoms with Crippen LogP contribution < -0.4 is 26.0 Å². The number of nitrogens with one attached hydrogen (secondary N) is 2. The molecular weight excluding hydrogens is 422 g/mol. The summed E-state index contributed by atoms with van der Waals surface area (Å²) in [7, 11) is 2.78. The minimum Gasteiger partial charge on any atom is -0.497 e. The molecule has 0 aliphatic rings. The molecule has 0 bridgehead atoms. The summed E-state index contributed by atoms with van der Waals surface area (Å²) in [4.78, 5) is 17.2. The topological polar surface area (TPSA) is 94.8 Å². The van der Waals surface area contributed by atoms with Crippen molar-refractivity contribution < 1.29 is 36.7 Å². The number of hydroxylamine groups is 1. The first kappa shape index (κ1) is 23.5. The third-order valence-corrected chi connectivity index (χ3v) is 3.81. The number of rotatable bonds is 8. The van der Waals surface area contributed by atoms with E-state index < -0.39 is 34.8 Å². The predicted molar refractivity (Wildman–Crippen MR) is 103 cm³/mol. The smallest absolute Gasteiger partial charge is 0.419 e. The summed E-state index contributed by atoms with van der Waals surface area (Å²) in [6, 6.07) is 7.30. The summed E-state index contributed by atoms with van der Waals surface area (Å²) in [6.45, 7) is 0. The number of hydrogen-bond donors (Lipinski definition) is 3. The maximum atomic E-state index is 14.8. The third-order valence-electron chi connectivity index (χ3n) is 3.81. The molecule has 2 aromatic rings. The average molecular weight is 441 g/mol. The summed E-state index contributed by atoms with van der Waals surface area (Å²) < 4.78 is 64.8. The lowest BCUT2D eigenvalue weighted by Crippen LogP contribution is -2.26. The highest BCUT2D eigenvalue weighted by Crippen LogP contribution is 2.37. The van der Waals surface area contributed by atoms with Crippen molar-refractivity contribution in [3.8, 4) is 17.2 Å². The van der Waals surface area contributed by atoms with Crippen molar-refractivity contribution >= 4 is 5.91 Å². The van der Waals surface area contributed by atoms with Gasteiger partial charge < -0.3 is 20.5 Å². The Morgan fingerprint density at radius 3 is 2.26 bits per heavy atom. The van der Waals surface area contributed by atoms with Crippen molar-refractivity contribution in [3.63, 3.8) is 0 Å². The predicted octanol–water partition coefficient (Wildman–Crippen LogP) is 3.84. The number of carbonyl (C=O) groups is 1. The molecule has 0 aromatic heterocycles. The van der Waals surface area contributed by atoms with E-state index in [0.717, 1.165) is 12.3 Å². The highest BCUT2D eigenvalue weighted by Gasteiger charge is 2.37. The minimum atomic E-state index is -5.02. The number of alkyl halides is 3. The van der Waals surface area contributed by atoms with Crippen molar-refractivity contribution in [3.05, 3.63) is 77.5 Å². The highest BCUT2D eigenvalue weighted by molar-refractivity contribution is 5.98. The average Bonchev–Trinajstić information content (AvgIpc) is 2.72. The van der Waals surface area contributed by atoms with Crippen LogP contribution in [0.25, 0.3) is 0 Å². The van der Waals surface area contributed by atoms with Crippen molar-refractivity contribution in [2.75, 3.05) is 14.2 Å². The fourth-order valence-corrected chi connectivity index (χ4v) is 2.37. The lowest BCUT2D eigenvalue weighted by molar-refractivity contribution is -0.140. The van der Waals surface area contributed by atoms with E-state index in [1.807, 2.05) is 0 Å². The van der Waals surface area contributed by atoms with E-state index in [1.165, 1.54) is 50.8 Å². The fraction of sp³-hybridized carbons (Fsp3) is 0.150. The summed E-state index contributed by atoms with van der Waals surface area (Å²) in [5.74, 6) is -2.77. The summed E-state index contributed by atoms with van der Waals surface area (Å²) in [6.07, 6.45) is -1.57. The molecule has 7 nitrogen and oxygen atoms in total. The molecule has 31 heavy (non-hydrogen) atoms. The first-order valence-corrected chi connectivity index (χ1v) is 8.61. The van der Waals surface area contributed by atoms with Gasteiger partial charge in [0.25, 0.3) is 5.91 Å². The summed E-state index contributed by atoms with van der Waals surface area (Å²) >= 11 is 0. The summed E-state index contributed by atoms with van der Waals surface area (Å²) in [5.41, 5.74) is 5.13. The van der Waals surface area contributed by atoms with E-state index >= 15 is 0 Å². The quantitative estimate of drug-likeness (QED) is 0.327. The van der Waals surface area contributed by atoms with Gasteiger partial charge in [0.15, 0.2) is 5.82 Å². The zero-order valence-electron chi connectivity index (χ0n) is 16.4.